The third-order valence-corrected chi connectivity index (χ3v) is 4.78. The first-order chi connectivity index (χ1) is 12.1. The monoisotopic (exact) mass is 338 g/mol. The van der Waals surface area contributed by atoms with Crippen molar-refractivity contribution in [2.45, 2.75) is 39.0 Å². The molecular formula is C19H19FN4O. The summed E-state index contributed by atoms with van der Waals surface area (Å²) in [6.07, 6.45) is 6.00. The number of rotatable bonds is 3. The predicted octanol–water partition coefficient (Wildman–Crippen LogP) is 3.94. The molecule has 0 aromatic carbocycles. The summed E-state index contributed by atoms with van der Waals surface area (Å²) in [7, 11) is 0. The highest BCUT2D eigenvalue weighted by molar-refractivity contribution is 5.50. The van der Waals surface area contributed by atoms with Crippen molar-refractivity contribution in [3.8, 4) is 11.5 Å². The van der Waals surface area contributed by atoms with Gasteiger partial charge in [0.2, 0.25) is 11.7 Å². The number of aromatic nitrogens is 4. The third kappa shape index (κ3) is 3.16. The summed E-state index contributed by atoms with van der Waals surface area (Å²) in [4.78, 5) is 13.1. The maximum absolute atomic E-state index is 13.4. The third-order valence-electron chi connectivity index (χ3n) is 4.78. The van der Waals surface area contributed by atoms with Crippen molar-refractivity contribution in [3.05, 3.63) is 59.1 Å². The van der Waals surface area contributed by atoms with Gasteiger partial charge in [-0.25, -0.2) is 9.37 Å². The lowest BCUT2D eigenvalue weighted by Crippen LogP contribution is -2.13. The van der Waals surface area contributed by atoms with Gasteiger partial charge in [-0.05, 0) is 55.4 Å². The zero-order valence-corrected chi connectivity index (χ0v) is 14.2. The van der Waals surface area contributed by atoms with Gasteiger partial charge in [-0.2, -0.15) is 4.98 Å². The molecule has 0 radical (unpaired) electrons. The molecule has 3 heterocycles. The Bertz CT molecular complexity index is 908. The Labute approximate surface area is 145 Å². The Balaban J connectivity index is 1.61. The van der Waals surface area contributed by atoms with Crippen LogP contribution in [0.3, 0.4) is 0 Å². The number of hydrogen-bond donors (Lipinski definition) is 0. The van der Waals surface area contributed by atoms with E-state index >= 15 is 0 Å². The van der Waals surface area contributed by atoms with Gasteiger partial charge in [0.1, 0.15) is 11.5 Å². The molecule has 0 spiro atoms. The molecule has 2 atom stereocenters. The normalized spacial score (nSPS) is 18.0. The molecule has 128 valence electrons. The van der Waals surface area contributed by atoms with Crippen LogP contribution < -0.4 is 0 Å². The van der Waals surface area contributed by atoms with Gasteiger partial charge < -0.3 is 4.52 Å². The van der Waals surface area contributed by atoms with Crippen molar-refractivity contribution < 1.29 is 8.91 Å². The molecule has 2 unspecified atom stereocenters. The van der Waals surface area contributed by atoms with Crippen LogP contribution in [0.5, 0.6) is 0 Å². The molecule has 0 saturated heterocycles. The number of halogens is 1. The van der Waals surface area contributed by atoms with Gasteiger partial charge in [0.15, 0.2) is 0 Å². The lowest BCUT2D eigenvalue weighted by Gasteiger charge is -2.20. The van der Waals surface area contributed by atoms with E-state index in [1.54, 1.807) is 6.20 Å². The molecule has 0 aliphatic heterocycles. The minimum atomic E-state index is -0.380. The molecule has 4 rings (SSSR count). The maximum Gasteiger partial charge on any atom is 0.234 e. The van der Waals surface area contributed by atoms with Gasteiger partial charge in [-0.1, -0.05) is 18.1 Å². The summed E-state index contributed by atoms with van der Waals surface area (Å²) in [6.45, 7) is 4.15. The minimum Gasteiger partial charge on any atom is -0.338 e. The van der Waals surface area contributed by atoms with Crippen molar-refractivity contribution in [1.82, 2.24) is 20.1 Å². The molecule has 0 bridgehead atoms. The predicted molar refractivity (Wildman–Crippen MR) is 90.4 cm³/mol. The maximum atomic E-state index is 13.4. The fourth-order valence-corrected chi connectivity index (χ4v) is 3.24. The van der Waals surface area contributed by atoms with Crippen LogP contribution in [-0.2, 0) is 12.8 Å². The highest BCUT2D eigenvalue weighted by atomic mass is 19.1. The Morgan fingerprint density at radius 2 is 2.12 bits per heavy atom. The zero-order valence-electron chi connectivity index (χ0n) is 14.2. The van der Waals surface area contributed by atoms with Gasteiger partial charge in [0.05, 0.1) is 12.1 Å². The van der Waals surface area contributed by atoms with Gasteiger partial charge in [-0.15, -0.1) is 0 Å². The Hall–Kier alpha value is -2.63. The molecule has 0 N–H and O–H groups in total. The van der Waals surface area contributed by atoms with Crippen LogP contribution in [-0.4, -0.2) is 20.1 Å². The van der Waals surface area contributed by atoms with E-state index in [2.05, 4.69) is 28.1 Å². The molecule has 0 fully saturated rings. The molecule has 1 aliphatic rings. The Morgan fingerprint density at radius 3 is 2.96 bits per heavy atom. The molecule has 3 aromatic rings. The van der Waals surface area contributed by atoms with Crippen LogP contribution in [0.1, 0.15) is 48.9 Å². The summed E-state index contributed by atoms with van der Waals surface area (Å²) in [5.41, 5.74) is 3.85. The quantitative estimate of drug-likeness (QED) is 0.724. The number of fused-ring (bicyclic) bond motifs is 1. The fourth-order valence-electron chi connectivity index (χ4n) is 3.24. The number of aryl methyl sites for hydroxylation is 1. The molecular weight excluding hydrogens is 319 g/mol. The van der Waals surface area contributed by atoms with Crippen molar-refractivity contribution >= 4 is 0 Å². The largest absolute Gasteiger partial charge is 0.338 e. The molecule has 5 nitrogen and oxygen atoms in total. The molecule has 3 aromatic heterocycles. The van der Waals surface area contributed by atoms with Gasteiger partial charge >= 0.3 is 0 Å². The first-order valence-corrected chi connectivity index (χ1v) is 8.53. The lowest BCUT2D eigenvalue weighted by atomic mass is 9.88. The van der Waals surface area contributed by atoms with E-state index in [4.69, 9.17) is 9.51 Å². The summed E-state index contributed by atoms with van der Waals surface area (Å²) < 4.78 is 18.7. The van der Waals surface area contributed by atoms with Gasteiger partial charge in [-0.3, -0.25) is 4.98 Å². The summed E-state index contributed by atoms with van der Waals surface area (Å²) in [6, 6.07) is 5.49. The average molecular weight is 338 g/mol. The molecule has 25 heavy (non-hydrogen) atoms. The number of hydrogen-bond acceptors (Lipinski definition) is 5. The molecule has 6 heteroatoms. The van der Waals surface area contributed by atoms with Crippen LogP contribution in [0.4, 0.5) is 4.39 Å². The highest BCUT2D eigenvalue weighted by Crippen LogP contribution is 2.28. The van der Waals surface area contributed by atoms with E-state index in [1.807, 2.05) is 13.0 Å². The molecule has 0 amide bonds. The summed E-state index contributed by atoms with van der Waals surface area (Å²) in [5, 5.41) is 4.06. The topological polar surface area (TPSA) is 64.7 Å². The smallest absolute Gasteiger partial charge is 0.234 e. The van der Waals surface area contributed by atoms with E-state index in [1.165, 1.54) is 17.8 Å². The molecule has 1 aliphatic carbocycles. The van der Waals surface area contributed by atoms with E-state index in [0.717, 1.165) is 25.0 Å². The van der Waals surface area contributed by atoms with E-state index in [0.29, 0.717) is 28.9 Å². The second-order valence-electron chi connectivity index (χ2n) is 6.76. The first kappa shape index (κ1) is 15.9. The Kier molecular flexibility index (Phi) is 4.03. The van der Waals surface area contributed by atoms with Crippen LogP contribution in [0.2, 0.25) is 0 Å². The van der Waals surface area contributed by atoms with Crippen LogP contribution in [0.15, 0.2) is 35.1 Å². The van der Waals surface area contributed by atoms with Crippen LogP contribution >= 0.6 is 0 Å². The summed E-state index contributed by atoms with van der Waals surface area (Å²) >= 11 is 0. The minimum absolute atomic E-state index is 0.233. The SMILES string of the molecule is CC1CCc2nc(-c3noc(C(C)c4cncc(F)c4)n3)ccc2C1. The van der Waals surface area contributed by atoms with Crippen molar-refractivity contribution in [2.24, 2.45) is 5.92 Å². The van der Waals surface area contributed by atoms with Crippen LogP contribution in [0.25, 0.3) is 11.5 Å². The van der Waals surface area contributed by atoms with E-state index in [-0.39, 0.29) is 11.7 Å². The number of nitrogens with zero attached hydrogens (tertiary/aromatic N) is 4. The van der Waals surface area contributed by atoms with E-state index < -0.39 is 0 Å². The van der Waals surface area contributed by atoms with Crippen LogP contribution in [0, 0.1) is 11.7 Å². The van der Waals surface area contributed by atoms with Crippen molar-refractivity contribution in [1.29, 1.82) is 0 Å². The zero-order chi connectivity index (χ0) is 17.4. The fraction of sp³-hybridized carbons (Fsp3) is 0.368. The van der Waals surface area contributed by atoms with Crippen molar-refractivity contribution in [2.75, 3.05) is 0 Å². The summed E-state index contributed by atoms with van der Waals surface area (Å²) in [5.74, 6) is 0.985. The average Bonchev–Trinajstić information content (AvgIpc) is 3.10. The Morgan fingerprint density at radius 1 is 1.24 bits per heavy atom. The van der Waals surface area contributed by atoms with Gasteiger partial charge in [0, 0.05) is 11.9 Å². The van der Waals surface area contributed by atoms with E-state index in [9.17, 15) is 4.39 Å². The standard InChI is InChI=1S/C19H19FN4O/c1-11-3-5-16-13(7-11)4-6-17(22-16)18-23-19(25-24-18)12(2)14-8-15(20)10-21-9-14/h4,6,8-12H,3,5,7H2,1-2H3. The first-order valence-electron chi connectivity index (χ1n) is 8.53. The second kappa shape index (κ2) is 6.35. The number of pyridine rings is 2. The highest BCUT2D eigenvalue weighted by Gasteiger charge is 2.21. The second-order valence-corrected chi connectivity index (χ2v) is 6.76. The van der Waals surface area contributed by atoms with Gasteiger partial charge in [0.25, 0.3) is 0 Å². The van der Waals surface area contributed by atoms with Crippen molar-refractivity contribution in [3.63, 3.8) is 0 Å². The lowest BCUT2D eigenvalue weighted by molar-refractivity contribution is 0.370. The molecule has 0 saturated carbocycles.